The van der Waals surface area contributed by atoms with Gasteiger partial charge in [0.2, 0.25) is 0 Å². The summed E-state index contributed by atoms with van der Waals surface area (Å²) >= 11 is 6.00. The van der Waals surface area contributed by atoms with E-state index in [0.717, 1.165) is 43.3 Å². The fourth-order valence-electron chi connectivity index (χ4n) is 4.59. The lowest BCUT2D eigenvalue weighted by atomic mass is 9.87. The number of fused-ring (bicyclic) bond motifs is 1. The Labute approximate surface area is 204 Å². The molecule has 1 aliphatic carbocycles. The molecule has 7 heteroatoms. The SMILES string of the molecule is CCC(=O)c1cnc2ccc(-c3cc(F)c(O)c(Cl)c3)cc2c1N=C1CCC(CN(C)C)CC1. The number of aromatic nitrogens is 1. The highest BCUT2D eigenvalue weighted by Gasteiger charge is 2.21. The third-order valence-electron chi connectivity index (χ3n) is 6.39. The Hall–Kier alpha value is -2.83. The second-order valence-electron chi connectivity index (χ2n) is 9.20. The molecule has 1 heterocycles. The van der Waals surface area contributed by atoms with Gasteiger partial charge in [-0.25, -0.2) is 4.39 Å². The van der Waals surface area contributed by atoms with Crippen LogP contribution in [-0.2, 0) is 0 Å². The van der Waals surface area contributed by atoms with Crippen LogP contribution in [0.3, 0.4) is 0 Å². The summed E-state index contributed by atoms with van der Waals surface area (Å²) in [6, 6.07) is 8.29. The van der Waals surface area contributed by atoms with Crippen LogP contribution in [0.1, 0.15) is 49.4 Å². The monoisotopic (exact) mass is 481 g/mol. The summed E-state index contributed by atoms with van der Waals surface area (Å²) in [5.74, 6) is -0.717. The minimum absolute atomic E-state index is 0.0147. The van der Waals surface area contributed by atoms with E-state index >= 15 is 0 Å². The first kappa shape index (κ1) is 24.3. The molecule has 0 saturated heterocycles. The Balaban J connectivity index is 1.80. The summed E-state index contributed by atoms with van der Waals surface area (Å²) in [7, 11) is 4.19. The maximum absolute atomic E-state index is 14.1. The normalized spacial score (nSPS) is 16.3. The van der Waals surface area contributed by atoms with Gasteiger partial charge in [-0.05, 0) is 81.1 Å². The van der Waals surface area contributed by atoms with Gasteiger partial charge in [0.1, 0.15) is 0 Å². The second kappa shape index (κ2) is 10.2. The van der Waals surface area contributed by atoms with Crippen molar-refractivity contribution in [3.8, 4) is 16.9 Å². The van der Waals surface area contributed by atoms with Crippen LogP contribution in [0.25, 0.3) is 22.0 Å². The number of nitrogens with zero attached hydrogens (tertiary/aromatic N) is 3. The predicted molar refractivity (Wildman–Crippen MR) is 136 cm³/mol. The zero-order valence-corrected chi connectivity index (χ0v) is 20.5. The first-order chi connectivity index (χ1) is 16.3. The van der Waals surface area contributed by atoms with Gasteiger partial charge < -0.3 is 10.0 Å². The third kappa shape index (κ3) is 5.13. The van der Waals surface area contributed by atoms with Gasteiger partial charge in [0, 0.05) is 30.3 Å². The number of hydrogen-bond donors (Lipinski definition) is 1. The highest BCUT2D eigenvalue weighted by atomic mass is 35.5. The minimum atomic E-state index is -0.786. The maximum atomic E-state index is 14.1. The molecule has 0 radical (unpaired) electrons. The molecular weight excluding hydrogens is 453 g/mol. The largest absolute Gasteiger partial charge is 0.504 e. The Morgan fingerprint density at radius 1 is 1.21 bits per heavy atom. The number of carbonyl (C=O) groups is 1. The summed E-state index contributed by atoms with van der Waals surface area (Å²) in [4.78, 5) is 24.5. The standard InChI is InChI=1S/C27H29ClFN3O2/c1-4-25(33)21-14-30-24-10-7-17(18-12-22(28)27(34)23(29)13-18)11-20(24)26(21)31-19-8-5-16(6-9-19)15-32(2)3/h7,10-14,16,34H,4-6,8-9,15H2,1-3H3. The Bertz CT molecular complexity index is 1240. The topological polar surface area (TPSA) is 65.8 Å². The Kier molecular flexibility index (Phi) is 7.29. The van der Waals surface area contributed by atoms with E-state index in [1.165, 1.54) is 12.1 Å². The first-order valence-electron chi connectivity index (χ1n) is 11.6. The fraction of sp³-hybridized carbons (Fsp3) is 0.370. The van der Waals surface area contributed by atoms with Crippen molar-refractivity contribution < 1.29 is 14.3 Å². The molecule has 0 amide bonds. The number of pyridine rings is 1. The van der Waals surface area contributed by atoms with E-state index in [1.807, 2.05) is 25.1 Å². The molecule has 0 atom stereocenters. The van der Waals surface area contributed by atoms with E-state index < -0.39 is 11.6 Å². The van der Waals surface area contributed by atoms with Gasteiger partial charge in [0.15, 0.2) is 17.3 Å². The number of ketones is 1. The Morgan fingerprint density at radius 2 is 1.94 bits per heavy atom. The third-order valence-corrected chi connectivity index (χ3v) is 6.67. The Morgan fingerprint density at radius 3 is 2.59 bits per heavy atom. The van der Waals surface area contributed by atoms with Crippen molar-refractivity contribution in [1.29, 1.82) is 0 Å². The number of phenolic OH excluding ortho intramolecular Hbond substituents is 1. The van der Waals surface area contributed by atoms with Crippen LogP contribution in [-0.4, -0.2) is 47.1 Å². The van der Waals surface area contributed by atoms with Crippen molar-refractivity contribution in [1.82, 2.24) is 9.88 Å². The molecule has 0 aliphatic heterocycles. The van der Waals surface area contributed by atoms with E-state index in [1.54, 1.807) is 6.20 Å². The number of aromatic hydroxyl groups is 1. The summed E-state index contributed by atoms with van der Waals surface area (Å²) in [5.41, 5.74) is 4.17. The molecule has 1 saturated carbocycles. The smallest absolute Gasteiger partial charge is 0.170 e. The highest BCUT2D eigenvalue weighted by molar-refractivity contribution is 6.32. The molecule has 3 aromatic rings. The molecule has 1 aliphatic rings. The summed E-state index contributed by atoms with van der Waals surface area (Å²) in [6.07, 6.45) is 5.93. The van der Waals surface area contributed by atoms with Crippen molar-refractivity contribution in [3.05, 3.63) is 52.9 Å². The maximum Gasteiger partial charge on any atom is 0.170 e. The molecule has 178 valence electrons. The number of rotatable bonds is 6. The summed E-state index contributed by atoms with van der Waals surface area (Å²) < 4.78 is 14.1. The van der Waals surface area contributed by atoms with Crippen molar-refractivity contribution in [2.75, 3.05) is 20.6 Å². The highest BCUT2D eigenvalue weighted by Crippen LogP contribution is 2.37. The minimum Gasteiger partial charge on any atom is -0.504 e. The summed E-state index contributed by atoms with van der Waals surface area (Å²) in [6.45, 7) is 2.90. The van der Waals surface area contributed by atoms with Crippen molar-refractivity contribution in [3.63, 3.8) is 0 Å². The molecule has 34 heavy (non-hydrogen) atoms. The van der Waals surface area contributed by atoms with E-state index in [4.69, 9.17) is 16.6 Å². The van der Waals surface area contributed by atoms with Gasteiger partial charge in [0.25, 0.3) is 0 Å². The number of benzene rings is 2. The average Bonchev–Trinajstić information content (AvgIpc) is 2.82. The van der Waals surface area contributed by atoms with Crippen LogP contribution in [0.15, 0.2) is 41.5 Å². The number of Topliss-reactive ketones (excluding diaryl/α,β-unsaturated/α-hetero) is 1. The van der Waals surface area contributed by atoms with Gasteiger partial charge in [-0.1, -0.05) is 24.6 Å². The number of phenols is 1. The van der Waals surface area contributed by atoms with E-state index in [0.29, 0.717) is 40.2 Å². The van der Waals surface area contributed by atoms with Crippen molar-refractivity contribution >= 4 is 39.7 Å². The summed E-state index contributed by atoms with van der Waals surface area (Å²) in [5, 5.41) is 10.4. The van der Waals surface area contributed by atoms with E-state index in [9.17, 15) is 14.3 Å². The van der Waals surface area contributed by atoms with Crippen LogP contribution in [0.2, 0.25) is 5.02 Å². The first-order valence-corrected chi connectivity index (χ1v) is 12.0. The van der Waals surface area contributed by atoms with Gasteiger partial charge in [0.05, 0.1) is 21.8 Å². The molecule has 0 unspecified atom stereocenters. The molecule has 5 nitrogen and oxygen atoms in total. The lowest BCUT2D eigenvalue weighted by Crippen LogP contribution is -2.25. The lowest BCUT2D eigenvalue weighted by molar-refractivity contribution is 0.0988. The van der Waals surface area contributed by atoms with Gasteiger partial charge in [-0.3, -0.25) is 14.8 Å². The number of aliphatic imine (C=N–C) groups is 1. The number of halogens is 2. The zero-order valence-electron chi connectivity index (χ0n) is 19.7. The van der Waals surface area contributed by atoms with E-state index in [-0.39, 0.29) is 10.8 Å². The molecular formula is C27H29ClFN3O2. The zero-order chi connectivity index (χ0) is 24.4. The van der Waals surface area contributed by atoms with E-state index in [2.05, 4.69) is 24.0 Å². The van der Waals surface area contributed by atoms with Gasteiger partial charge in [-0.2, -0.15) is 0 Å². The van der Waals surface area contributed by atoms with Crippen molar-refractivity contribution in [2.24, 2.45) is 10.9 Å². The number of hydrogen-bond acceptors (Lipinski definition) is 5. The molecule has 0 spiro atoms. The predicted octanol–water partition coefficient (Wildman–Crippen LogP) is 6.82. The van der Waals surface area contributed by atoms with Crippen LogP contribution >= 0.6 is 11.6 Å². The van der Waals surface area contributed by atoms with Gasteiger partial charge >= 0.3 is 0 Å². The van der Waals surface area contributed by atoms with Crippen LogP contribution in [0.5, 0.6) is 5.75 Å². The molecule has 1 N–H and O–H groups in total. The molecule has 2 aromatic carbocycles. The molecule has 4 rings (SSSR count). The van der Waals surface area contributed by atoms with Gasteiger partial charge in [-0.15, -0.1) is 0 Å². The molecule has 0 bridgehead atoms. The average molecular weight is 482 g/mol. The van der Waals surface area contributed by atoms with Crippen molar-refractivity contribution in [2.45, 2.75) is 39.0 Å². The lowest BCUT2D eigenvalue weighted by Gasteiger charge is -2.26. The molecule has 1 aromatic heterocycles. The van der Waals surface area contributed by atoms with Crippen LogP contribution in [0, 0.1) is 11.7 Å². The molecule has 1 fully saturated rings. The number of carbonyl (C=O) groups excluding carboxylic acids is 1. The van der Waals surface area contributed by atoms with Crippen LogP contribution < -0.4 is 0 Å². The fourth-order valence-corrected chi connectivity index (χ4v) is 4.79. The quantitative estimate of drug-likeness (QED) is 0.392. The second-order valence-corrected chi connectivity index (χ2v) is 9.61. The van der Waals surface area contributed by atoms with Crippen LogP contribution in [0.4, 0.5) is 10.1 Å².